The van der Waals surface area contributed by atoms with Gasteiger partial charge in [0.15, 0.2) is 0 Å². The van der Waals surface area contributed by atoms with E-state index in [1.54, 1.807) is 12.1 Å². The lowest BCUT2D eigenvalue weighted by atomic mass is 10.4. The quantitative estimate of drug-likeness (QED) is 0.905. The molecule has 0 aliphatic rings. The van der Waals surface area contributed by atoms with E-state index in [1.807, 2.05) is 38.9 Å². The van der Waals surface area contributed by atoms with Crippen molar-refractivity contribution in [3.05, 3.63) is 34.6 Å². The maximum Gasteiger partial charge on any atom is 0.250 e. The van der Waals surface area contributed by atoms with Gasteiger partial charge in [0.25, 0.3) is 0 Å². The minimum absolute atomic E-state index is 0.0712. The minimum Gasteiger partial charge on any atom is -0.363 e. The Labute approximate surface area is 128 Å². The summed E-state index contributed by atoms with van der Waals surface area (Å²) < 4.78 is 27.2. The zero-order valence-electron chi connectivity index (χ0n) is 12.4. The molecule has 114 valence electrons. The Balaban J connectivity index is 2.16. The molecule has 2 aromatic rings. The second kappa shape index (κ2) is 6.08. The topological polar surface area (TPSA) is 75.2 Å². The number of hydrogen-bond acceptors (Lipinski definition) is 6. The first-order valence-electron chi connectivity index (χ1n) is 6.36. The van der Waals surface area contributed by atoms with Crippen LogP contribution in [0.2, 0.25) is 0 Å². The van der Waals surface area contributed by atoms with Crippen LogP contribution in [-0.4, -0.2) is 32.5 Å². The summed E-state index contributed by atoms with van der Waals surface area (Å²) in [5, 5.41) is 0. The van der Waals surface area contributed by atoms with E-state index >= 15 is 0 Å². The Hall–Kier alpha value is -1.51. The van der Waals surface area contributed by atoms with Gasteiger partial charge in [-0.1, -0.05) is 0 Å². The summed E-state index contributed by atoms with van der Waals surface area (Å²) in [7, 11) is 0.250. The van der Waals surface area contributed by atoms with E-state index in [4.69, 9.17) is 0 Å². The predicted molar refractivity (Wildman–Crippen MR) is 84.2 cm³/mol. The lowest BCUT2D eigenvalue weighted by Gasteiger charge is -2.13. The van der Waals surface area contributed by atoms with E-state index in [-0.39, 0.29) is 6.54 Å². The molecule has 0 radical (unpaired) electrons. The molecule has 2 rings (SSSR count). The van der Waals surface area contributed by atoms with Crippen molar-refractivity contribution in [1.29, 1.82) is 0 Å². The van der Waals surface area contributed by atoms with Crippen LogP contribution < -0.4 is 9.62 Å². The molecule has 2 heterocycles. The van der Waals surface area contributed by atoms with Gasteiger partial charge in [-0.25, -0.2) is 23.1 Å². The molecule has 0 atom stereocenters. The summed E-state index contributed by atoms with van der Waals surface area (Å²) in [6.07, 6.45) is 0. The van der Waals surface area contributed by atoms with Gasteiger partial charge in [0.1, 0.15) is 15.9 Å². The van der Waals surface area contributed by atoms with E-state index in [0.717, 1.165) is 16.4 Å². The molecule has 21 heavy (non-hydrogen) atoms. The lowest BCUT2D eigenvalue weighted by Crippen LogP contribution is -2.24. The monoisotopic (exact) mass is 326 g/mol. The Morgan fingerprint density at radius 1 is 1.24 bits per heavy atom. The molecular weight excluding hydrogens is 308 g/mol. The third kappa shape index (κ3) is 3.99. The van der Waals surface area contributed by atoms with E-state index < -0.39 is 10.0 Å². The van der Waals surface area contributed by atoms with E-state index in [1.165, 1.54) is 11.3 Å². The molecule has 8 heteroatoms. The summed E-state index contributed by atoms with van der Waals surface area (Å²) in [6.45, 7) is 3.80. The number of nitrogens with one attached hydrogen (secondary N) is 1. The molecular formula is C13H18N4O2S2. The van der Waals surface area contributed by atoms with Gasteiger partial charge in [0, 0.05) is 30.7 Å². The Bertz CT molecular complexity index is 738. The van der Waals surface area contributed by atoms with Crippen molar-refractivity contribution in [3.8, 4) is 0 Å². The summed E-state index contributed by atoms with van der Waals surface area (Å²) in [4.78, 5) is 11.4. The van der Waals surface area contributed by atoms with E-state index in [9.17, 15) is 8.42 Å². The van der Waals surface area contributed by atoms with Crippen molar-refractivity contribution in [2.45, 2.75) is 24.6 Å². The van der Waals surface area contributed by atoms with E-state index in [2.05, 4.69) is 14.7 Å². The predicted octanol–water partition coefficient (Wildman–Crippen LogP) is 1.70. The van der Waals surface area contributed by atoms with Gasteiger partial charge in [-0.3, -0.25) is 0 Å². The molecule has 0 aliphatic carbocycles. The number of nitrogens with zero attached hydrogens (tertiary/aromatic N) is 3. The van der Waals surface area contributed by atoms with Crippen LogP contribution in [0.3, 0.4) is 0 Å². The van der Waals surface area contributed by atoms with Gasteiger partial charge in [0.05, 0.1) is 6.54 Å². The molecule has 0 bridgehead atoms. The number of aromatic nitrogens is 2. The maximum atomic E-state index is 12.2. The zero-order valence-corrected chi connectivity index (χ0v) is 14.0. The average molecular weight is 326 g/mol. The van der Waals surface area contributed by atoms with Crippen LogP contribution in [0.4, 0.5) is 5.82 Å². The Morgan fingerprint density at radius 2 is 1.95 bits per heavy atom. The number of hydrogen-bond donors (Lipinski definition) is 1. The highest BCUT2D eigenvalue weighted by Crippen LogP contribution is 2.20. The fourth-order valence-electron chi connectivity index (χ4n) is 1.71. The van der Waals surface area contributed by atoms with Gasteiger partial charge in [-0.05, 0) is 26.0 Å². The number of thiophene rings is 1. The van der Waals surface area contributed by atoms with Gasteiger partial charge in [-0.15, -0.1) is 11.3 Å². The summed E-state index contributed by atoms with van der Waals surface area (Å²) in [5.74, 6) is 1.21. The largest absolute Gasteiger partial charge is 0.363 e. The van der Waals surface area contributed by atoms with Crippen LogP contribution in [-0.2, 0) is 16.6 Å². The highest BCUT2D eigenvalue weighted by Gasteiger charge is 2.16. The Kier molecular flexibility index (Phi) is 4.60. The molecule has 0 aromatic carbocycles. The smallest absolute Gasteiger partial charge is 0.250 e. The third-order valence-corrected chi connectivity index (χ3v) is 5.64. The normalized spacial score (nSPS) is 11.6. The highest BCUT2D eigenvalue weighted by molar-refractivity contribution is 7.91. The van der Waals surface area contributed by atoms with Crippen molar-refractivity contribution in [3.63, 3.8) is 0 Å². The first-order chi connectivity index (χ1) is 9.78. The van der Waals surface area contributed by atoms with Crippen LogP contribution in [0.1, 0.15) is 16.4 Å². The molecule has 0 spiro atoms. The van der Waals surface area contributed by atoms with Crippen molar-refractivity contribution < 1.29 is 8.42 Å². The molecule has 0 aliphatic heterocycles. The van der Waals surface area contributed by atoms with E-state index in [0.29, 0.717) is 10.0 Å². The number of aryl methyl sites for hydroxylation is 2. The number of sulfonamides is 1. The third-order valence-electron chi connectivity index (χ3n) is 2.75. The second-order valence-electron chi connectivity index (χ2n) is 4.87. The second-order valence-corrected chi connectivity index (χ2v) is 8.15. The van der Waals surface area contributed by atoms with Crippen molar-refractivity contribution >= 4 is 27.2 Å². The van der Waals surface area contributed by atoms with Gasteiger partial charge < -0.3 is 4.90 Å². The fourth-order valence-corrected chi connectivity index (χ4v) is 4.02. The fraction of sp³-hybridized carbons (Fsp3) is 0.385. The summed E-state index contributed by atoms with van der Waals surface area (Å²) in [5.41, 5.74) is 0.801. The number of anilines is 1. The van der Waals surface area contributed by atoms with Crippen LogP contribution in [0, 0.1) is 13.8 Å². The number of rotatable bonds is 5. The average Bonchev–Trinajstić information content (AvgIpc) is 2.83. The molecule has 1 N–H and O–H groups in total. The first-order valence-corrected chi connectivity index (χ1v) is 8.66. The van der Waals surface area contributed by atoms with Crippen molar-refractivity contribution in [1.82, 2.24) is 14.7 Å². The minimum atomic E-state index is -3.51. The molecule has 0 fully saturated rings. The maximum absolute atomic E-state index is 12.2. The summed E-state index contributed by atoms with van der Waals surface area (Å²) >= 11 is 1.24. The van der Waals surface area contributed by atoms with Gasteiger partial charge in [0.2, 0.25) is 10.0 Å². The molecule has 0 unspecified atom stereocenters. The molecule has 2 aromatic heterocycles. The van der Waals surface area contributed by atoms with Crippen LogP contribution >= 0.6 is 11.3 Å². The summed E-state index contributed by atoms with van der Waals surface area (Å²) in [6, 6.07) is 5.23. The standard InChI is InChI=1S/C13H18N4O2S2/c1-9-7-12(17(3)4)16-11(15-9)8-14-21(18,19)13-6-5-10(2)20-13/h5-7,14H,8H2,1-4H3. The van der Waals surface area contributed by atoms with Crippen molar-refractivity contribution in [2.24, 2.45) is 0 Å². The van der Waals surface area contributed by atoms with Crippen molar-refractivity contribution in [2.75, 3.05) is 19.0 Å². The SMILES string of the molecule is Cc1cc(N(C)C)nc(CNS(=O)(=O)c2ccc(C)s2)n1. The van der Waals surface area contributed by atoms with Crippen LogP contribution in [0.15, 0.2) is 22.4 Å². The highest BCUT2D eigenvalue weighted by atomic mass is 32.2. The van der Waals surface area contributed by atoms with Gasteiger partial charge in [-0.2, -0.15) is 0 Å². The van der Waals surface area contributed by atoms with Crippen LogP contribution in [0.5, 0.6) is 0 Å². The molecule has 0 saturated heterocycles. The lowest BCUT2D eigenvalue weighted by molar-refractivity contribution is 0.581. The molecule has 0 amide bonds. The zero-order chi connectivity index (χ0) is 15.6. The molecule has 6 nitrogen and oxygen atoms in total. The first kappa shape index (κ1) is 15.9. The molecule has 0 saturated carbocycles. The van der Waals surface area contributed by atoms with Gasteiger partial charge >= 0.3 is 0 Å². The van der Waals surface area contributed by atoms with Crippen LogP contribution in [0.25, 0.3) is 0 Å². The Morgan fingerprint density at radius 3 is 2.52 bits per heavy atom.